The second-order valence-electron chi connectivity index (χ2n) is 6.33. The summed E-state index contributed by atoms with van der Waals surface area (Å²) in [4.78, 5) is 14.3. The highest BCUT2D eigenvalue weighted by molar-refractivity contribution is 7.80. The van der Waals surface area contributed by atoms with E-state index in [9.17, 15) is 4.79 Å². The van der Waals surface area contributed by atoms with Gasteiger partial charge < -0.3 is 5.32 Å². The van der Waals surface area contributed by atoms with Crippen LogP contribution in [0.4, 0.5) is 0 Å². The summed E-state index contributed by atoms with van der Waals surface area (Å²) in [6.07, 6.45) is 8.38. The molecule has 0 radical (unpaired) electrons. The van der Waals surface area contributed by atoms with Gasteiger partial charge in [0.05, 0.1) is 4.88 Å². The fraction of sp³-hybridized carbons (Fsp3) is 0.625. The molecule has 3 rings (SSSR count). The molecule has 1 heterocycles. The second-order valence-corrected chi connectivity index (χ2v) is 7.88. The van der Waals surface area contributed by atoms with Gasteiger partial charge in [-0.2, -0.15) is 0 Å². The normalized spacial score (nSPS) is 23.7. The number of aryl methyl sites for hydroxylation is 2. The van der Waals surface area contributed by atoms with Crippen molar-refractivity contribution < 1.29 is 4.79 Å². The number of thiophene rings is 1. The third-order valence-corrected chi connectivity index (χ3v) is 6.14. The molecule has 1 saturated carbocycles. The standard InChI is InChI=1S/C16H23N3OS2/c1-10-5-2-3-7-12(10)17-16(21)19-18-15(20)14-9-11-6-4-8-13(11)22-14/h9-10,12H,2-8H2,1H3,(H,18,20)(H2,17,19,21)/t10-,12+/m1/s1. The molecule has 2 atom stereocenters. The molecule has 3 N–H and O–H groups in total. The van der Waals surface area contributed by atoms with E-state index in [1.807, 2.05) is 6.07 Å². The van der Waals surface area contributed by atoms with Crippen LogP contribution in [0.5, 0.6) is 0 Å². The molecule has 1 aromatic heterocycles. The Hall–Kier alpha value is -1.14. The fourth-order valence-corrected chi connectivity index (χ4v) is 4.70. The summed E-state index contributed by atoms with van der Waals surface area (Å²) in [5.41, 5.74) is 6.89. The number of carbonyl (C=O) groups is 1. The lowest BCUT2D eigenvalue weighted by molar-refractivity contribution is 0.0947. The van der Waals surface area contributed by atoms with Crippen LogP contribution >= 0.6 is 23.6 Å². The van der Waals surface area contributed by atoms with E-state index in [1.165, 1.54) is 36.1 Å². The van der Waals surface area contributed by atoms with Crippen molar-refractivity contribution in [1.29, 1.82) is 0 Å². The van der Waals surface area contributed by atoms with Crippen molar-refractivity contribution in [3.05, 3.63) is 21.4 Å². The summed E-state index contributed by atoms with van der Waals surface area (Å²) in [5, 5.41) is 3.83. The van der Waals surface area contributed by atoms with Crippen molar-refractivity contribution in [1.82, 2.24) is 16.2 Å². The van der Waals surface area contributed by atoms with Crippen molar-refractivity contribution in [2.45, 2.75) is 57.9 Å². The molecule has 0 aromatic carbocycles. The zero-order chi connectivity index (χ0) is 15.5. The Kier molecular flexibility index (Phi) is 4.98. The molecular formula is C16H23N3OS2. The monoisotopic (exact) mass is 337 g/mol. The molecule has 0 aliphatic heterocycles. The van der Waals surface area contributed by atoms with Crippen LogP contribution < -0.4 is 16.2 Å². The Labute approximate surface area is 141 Å². The van der Waals surface area contributed by atoms with E-state index < -0.39 is 0 Å². The molecule has 0 saturated heterocycles. The smallest absolute Gasteiger partial charge is 0.279 e. The number of hydrogen-bond donors (Lipinski definition) is 3. The van der Waals surface area contributed by atoms with Gasteiger partial charge in [0, 0.05) is 10.9 Å². The van der Waals surface area contributed by atoms with E-state index in [0.717, 1.165) is 24.1 Å². The van der Waals surface area contributed by atoms with Crippen molar-refractivity contribution in [3.63, 3.8) is 0 Å². The van der Waals surface area contributed by atoms with Crippen LogP contribution in [-0.4, -0.2) is 17.1 Å². The van der Waals surface area contributed by atoms with Crippen LogP contribution in [0.25, 0.3) is 0 Å². The molecule has 1 fully saturated rings. The highest BCUT2D eigenvalue weighted by Crippen LogP contribution is 2.30. The number of hydrogen-bond acceptors (Lipinski definition) is 3. The zero-order valence-corrected chi connectivity index (χ0v) is 14.5. The molecule has 1 aromatic rings. The van der Waals surface area contributed by atoms with Crippen molar-refractivity contribution in [2.24, 2.45) is 5.92 Å². The first-order valence-corrected chi connectivity index (χ1v) is 9.34. The third-order valence-electron chi connectivity index (χ3n) is 4.69. The molecule has 4 nitrogen and oxygen atoms in total. The van der Waals surface area contributed by atoms with Crippen molar-refractivity contribution >= 4 is 34.6 Å². The van der Waals surface area contributed by atoms with Gasteiger partial charge in [-0.05, 0) is 61.9 Å². The van der Waals surface area contributed by atoms with E-state index in [4.69, 9.17) is 12.2 Å². The molecule has 22 heavy (non-hydrogen) atoms. The summed E-state index contributed by atoms with van der Waals surface area (Å²) >= 11 is 6.89. The lowest BCUT2D eigenvalue weighted by Gasteiger charge is -2.30. The third kappa shape index (κ3) is 3.60. The van der Waals surface area contributed by atoms with Gasteiger partial charge in [-0.15, -0.1) is 11.3 Å². The Morgan fingerprint density at radius 2 is 2.05 bits per heavy atom. The molecule has 0 bridgehead atoms. The van der Waals surface area contributed by atoms with Gasteiger partial charge in [0.15, 0.2) is 5.11 Å². The molecule has 2 aliphatic carbocycles. The molecular weight excluding hydrogens is 314 g/mol. The van der Waals surface area contributed by atoms with Gasteiger partial charge in [-0.25, -0.2) is 0 Å². The lowest BCUT2D eigenvalue weighted by atomic mass is 9.86. The average molecular weight is 338 g/mol. The number of nitrogens with one attached hydrogen (secondary N) is 3. The first-order chi connectivity index (χ1) is 10.6. The van der Waals surface area contributed by atoms with Gasteiger partial charge in [-0.1, -0.05) is 19.8 Å². The van der Waals surface area contributed by atoms with E-state index in [2.05, 4.69) is 23.1 Å². The van der Waals surface area contributed by atoms with Gasteiger partial charge in [0.25, 0.3) is 5.91 Å². The van der Waals surface area contributed by atoms with Crippen LogP contribution in [0, 0.1) is 5.92 Å². The second kappa shape index (κ2) is 6.96. The quantitative estimate of drug-likeness (QED) is 0.574. The number of fused-ring (bicyclic) bond motifs is 1. The molecule has 0 unspecified atom stereocenters. The maximum Gasteiger partial charge on any atom is 0.279 e. The first kappa shape index (κ1) is 15.7. The Bertz CT molecular complexity index is 548. The van der Waals surface area contributed by atoms with Gasteiger partial charge in [-0.3, -0.25) is 15.6 Å². The molecule has 120 valence electrons. The maximum atomic E-state index is 12.2. The fourth-order valence-electron chi connectivity index (χ4n) is 3.35. The van der Waals surface area contributed by atoms with Crippen LogP contribution in [0.3, 0.4) is 0 Å². The van der Waals surface area contributed by atoms with Crippen LogP contribution in [0.2, 0.25) is 0 Å². The first-order valence-electron chi connectivity index (χ1n) is 8.12. The Morgan fingerprint density at radius 1 is 1.23 bits per heavy atom. The summed E-state index contributed by atoms with van der Waals surface area (Å²) < 4.78 is 0. The number of carbonyl (C=O) groups excluding carboxylic acids is 1. The van der Waals surface area contributed by atoms with Crippen LogP contribution in [0.15, 0.2) is 6.07 Å². The summed E-state index contributed by atoms with van der Waals surface area (Å²) in [6.45, 7) is 2.26. The lowest BCUT2D eigenvalue weighted by Crippen LogP contribution is -2.51. The predicted molar refractivity (Wildman–Crippen MR) is 94.1 cm³/mol. The average Bonchev–Trinajstić information content (AvgIpc) is 3.08. The van der Waals surface area contributed by atoms with Gasteiger partial charge in [0.1, 0.15) is 0 Å². The molecule has 6 heteroatoms. The molecule has 1 amide bonds. The summed E-state index contributed by atoms with van der Waals surface area (Å²) in [7, 11) is 0. The number of thiocarbonyl (C=S) groups is 1. The number of amides is 1. The number of hydrazine groups is 1. The SMILES string of the molecule is C[C@@H]1CCCC[C@@H]1NC(=S)NNC(=O)c1cc2c(s1)CCC2. The Balaban J connectivity index is 1.46. The highest BCUT2D eigenvalue weighted by atomic mass is 32.1. The zero-order valence-electron chi connectivity index (χ0n) is 12.9. The topological polar surface area (TPSA) is 53.2 Å². The van der Waals surface area contributed by atoms with E-state index in [0.29, 0.717) is 17.1 Å². The highest BCUT2D eigenvalue weighted by Gasteiger charge is 2.22. The summed E-state index contributed by atoms with van der Waals surface area (Å²) in [5.74, 6) is 0.532. The van der Waals surface area contributed by atoms with Gasteiger partial charge >= 0.3 is 0 Å². The number of rotatable bonds is 2. The van der Waals surface area contributed by atoms with E-state index >= 15 is 0 Å². The predicted octanol–water partition coefficient (Wildman–Crippen LogP) is 2.92. The molecule has 0 spiro atoms. The van der Waals surface area contributed by atoms with E-state index in [-0.39, 0.29) is 5.91 Å². The minimum atomic E-state index is -0.0970. The minimum absolute atomic E-state index is 0.0970. The summed E-state index contributed by atoms with van der Waals surface area (Å²) in [6, 6.07) is 2.43. The maximum absolute atomic E-state index is 12.2. The van der Waals surface area contributed by atoms with Gasteiger partial charge in [0.2, 0.25) is 0 Å². The van der Waals surface area contributed by atoms with Crippen LogP contribution in [0.1, 0.15) is 59.1 Å². The van der Waals surface area contributed by atoms with Crippen molar-refractivity contribution in [3.8, 4) is 0 Å². The van der Waals surface area contributed by atoms with Crippen molar-refractivity contribution in [2.75, 3.05) is 0 Å². The van der Waals surface area contributed by atoms with E-state index in [1.54, 1.807) is 11.3 Å². The minimum Gasteiger partial charge on any atom is -0.358 e. The molecule has 2 aliphatic rings. The Morgan fingerprint density at radius 3 is 2.82 bits per heavy atom. The largest absolute Gasteiger partial charge is 0.358 e. The van der Waals surface area contributed by atoms with Crippen LogP contribution in [-0.2, 0) is 12.8 Å².